The molecule has 0 bridgehead atoms. The summed E-state index contributed by atoms with van der Waals surface area (Å²) < 4.78 is 19.9. The molecule has 0 spiro atoms. The van der Waals surface area contributed by atoms with Crippen molar-refractivity contribution in [2.45, 2.75) is 20.4 Å². The smallest absolute Gasteiger partial charge is 0.257 e. The maximum absolute atomic E-state index is 14.0. The molecule has 0 atom stereocenters. The van der Waals surface area contributed by atoms with Crippen molar-refractivity contribution in [3.8, 4) is 11.5 Å². The van der Waals surface area contributed by atoms with E-state index in [0.29, 0.717) is 29.4 Å². The van der Waals surface area contributed by atoms with Crippen LogP contribution in [0.2, 0.25) is 0 Å². The Morgan fingerprint density at radius 3 is 2.58 bits per heavy atom. The van der Waals surface area contributed by atoms with E-state index in [-0.39, 0.29) is 18.3 Å². The molecule has 0 N–H and O–H groups in total. The fourth-order valence-electron chi connectivity index (χ4n) is 2.55. The van der Waals surface area contributed by atoms with Crippen LogP contribution in [0.3, 0.4) is 0 Å². The third kappa shape index (κ3) is 3.99. The minimum absolute atomic E-state index is 0.167. The van der Waals surface area contributed by atoms with Gasteiger partial charge in [-0.1, -0.05) is 21.1 Å². The Kier molecular flexibility index (Phi) is 5.46. The lowest BCUT2D eigenvalue weighted by molar-refractivity contribution is 0.0751. The van der Waals surface area contributed by atoms with Crippen molar-refractivity contribution in [3.05, 3.63) is 69.7 Å². The number of carbonyl (C=O) groups is 1. The highest BCUT2D eigenvalue weighted by atomic mass is 79.9. The number of hydrogen-bond acceptors (Lipinski definition) is 4. The quantitative estimate of drug-likeness (QED) is 0.607. The van der Waals surface area contributed by atoms with Gasteiger partial charge in [0.2, 0.25) is 0 Å². The molecule has 0 radical (unpaired) electrons. The van der Waals surface area contributed by atoms with E-state index in [1.54, 1.807) is 48.2 Å². The Morgan fingerprint density at radius 2 is 1.96 bits per heavy atom. The average molecular weight is 418 g/mol. The molecule has 26 heavy (non-hydrogen) atoms. The van der Waals surface area contributed by atoms with Crippen LogP contribution in [0.1, 0.15) is 28.7 Å². The van der Waals surface area contributed by atoms with Crippen LogP contribution in [0.4, 0.5) is 4.39 Å². The molecule has 7 heteroatoms. The molecule has 0 saturated carbocycles. The number of carbonyl (C=O) groups excluding carboxylic acids is 1. The molecule has 3 rings (SSSR count). The molecule has 3 aromatic rings. The number of aromatic nitrogens is 2. The second kappa shape index (κ2) is 7.78. The topological polar surface area (TPSA) is 59.2 Å². The van der Waals surface area contributed by atoms with Gasteiger partial charge in [0.15, 0.2) is 5.82 Å². The Balaban J connectivity index is 1.79. The van der Waals surface area contributed by atoms with E-state index in [1.165, 1.54) is 6.07 Å². The standard InChI is InChI=1S/C19H17BrFN3O2/c1-3-24(11-15-10-16(20)8-9-17(15)21)19(25)14-6-4-13(5-7-14)18-22-12(2)23-26-18/h4-10H,3,11H2,1-2H3. The fraction of sp³-hybridized carbons (Fsp3) is 0.211. The molecule has 5 nitrogen and oxygen atoms in total. The Morgan fingerprint density at radius 1 is 1.23 bits per heavy atom. The summed E-state index contributed by atoms with van der Waals surface area (Å²) in [5.41, 5.74) is 1.72. The molecule has 1 heterocycles. The lowest BCUT2D eigenvalue weighted by Gasteiger charge is -2.21. The van der Waals surface area contributed by atoms with E-state index in [0.717, 1.165) is 10.0 Å². The van der Waals surface area contributed by atoms with Gasteiger partial charge in [0.05, 0.1) is 0 Å². The highest BCUT2D eigenvalue weighted by molar-refractivity contribution is 9.10. The summed E-state index contributed by atoms with van der Waals surface area (Å²) in [5.74, 6) is 0.458. The van der Waals surface area contributed by atoms with E-state index < -0.39 is 0 Å². The summed E-state index contributed by atoms with van der Waals surface area (Å²) in [5, 5.41) is 3.75. The number of nitrogens with zero attached hydrogens (tertiary/aromatic N) is 3. The predicted octanol–water partition coefficient (Wildman–Crippen LogP) is 4.61. The second-order valence-corrected chi connectivity index (χ2v) is 6.69. The molecule has 0 aliphatic carbocycles. The lowest BCUT2D eigenvalue weighted by Crippen LogP contribution is -2.30. The van der Waals surface area contributed by atoms with Crippen molar-refractivity contribution in [2.75, 3.05) is 6.54 Å². The number of hydrogen-bond donors (Lipinski definition) is 0. The second-order valence-electron chi connectivity index (χ2n) is 5.78. The maximum Gasteiger partial charge on any atom is 0.257 e. The van der Waals surface area contributed by atoms with Gasteiger partial charge in [0, 0.05) is 34.3 Å². The number of aryl methyl sites for hydroxylation is 1. The van der Waals surface area contributed by atoms with E-state index in [4.69, 9.17) is 4.52 Å². The van der Waals surface area contributed by atoms with Gasteiger partial charge in [-0.25, -0.2) is 4.39 Å². The predicted molar refractivity (Wildman–Crippen MR) is 99.0 cm³/mol. The van der Waals surface area contributed by atoms with Crippen molar-refractivity contribution >= 4 is 21.8 Å². The van der Waals surface area contributed by atoms with Crippen LogP contribution in [0, 0.1) is 12.7 Å². The summed E-state index contributed by atoms with van der Waals surface area (Å²) in [6.45, 7) is 4.27. The molecule has 134 valence electrons. The highest BCUT2D eigenvalue weighted by Crippen LogP contribution is 2.20. The SMILES string of the molecule is CCN(Cc1cc(Br)ccc1F)C(=O)c1ccc(-c2nc(C)no2)cc1. The Hall–Kier alpha value is -2.54. The zero-order valence-electron chi connectivity index (χ0n) is 14.4. The van der Waals surface area contributed by atoms with E-state index in [2.05, 4.69) is 26.1 Å². The lowest BCUT2D eigenvalue weighted by atomic mass is 10.1. The molecular weight excluding hydrogens is 401 g/mol. The summed E-state index contributed by atoms with van der Waals surface area (Å²) in [4.78, 5) is 18.5. The van der Waals surface area contributed by atoms with Gasteiger partial charge in [-0.2, -0.15) is 4.98 Å². The van der Waals surface area contributed by atoms with Crippen LogP contribution in [-0.4, -0.2) is 27.5 Å². The number of halogens is 2. The summed E-state index contributed by atoms with van der Waals surface area (Å²) in [6.07, 6.45) is 0. The van der Waals surface area contributed by atoms with Crippen LogP contribution in [0.15, 0.2) is 51.5 Å². The normalized spacial score (nSPS) is 10.8. The number of rotatable bonds is 5. The monoisotopic (exact) mass is 417 g/mol. The molecule has 1 aromatic heterocycles. The Bertz CT molecular complexity index is 925. The minimum Gasteiger partial charge on any atom is -0.334 e. The van der Waals surface area contributed by atoms with Gasteiger partial charge in [0.25, 0.3) is 11.8 Å². The molecule has 0 saturated heterocycles. The molecular formula is C19H17BrFN3O2. The molecule has 0 fully saturated rings. The number of benzene rings is 2. The van der Waals surface area contributed by atoms with Crippen molar-refractivity contribution in [3.63, 3.8) is 0 Å². The van der Waals surface area contributed by atoms with Crippen LogP contribution < -0.4 is 0 Å². The first-order valence-corrected chi connectivity index (χ1v) is 8.91. The molecule has 0 unspecified atom stereocenters. The van der Waals surface area contributed by atoms with Crippen molar-refractivity contribution in [1.29, 1.82) is 0 Å². The first kappa shape index (κ1) is 18.3. The fourth-order valence-corrected chi connectivity index (χ4v) is 2.96. The van der Waals surface area contributed by atoms with Crippen LogP contribution in [-0.2, 0) is 6.54 Å². The van der Waals surface area contributed by atoms with Gasteiger partial charge in [-0.15, -0.1) is 0 Å². The Labute approximate surface area is 159 Å². The van der Waals surface area contributed by atoms with Gasteiger partial charge >= 0.3 is 0 Å². The first-order chi connectivity index (χ1) is 12.5. The van der Waals surface area contributed by atoms with Crippen LogP contribution in [0.25, 0.3) is 11.5 Å². The van der Waals surface area contributed by atoms with E-state index >= 15 is 0 Å². The third-order valence-electron chi connectivity index (χ3n) is 3.94. The summed E-state index contributed by atoms with van der Waals surface area (Å²) in [6, 6.07) is 11.6. The molecule has 2 aromatic carbocycles. The zero-order valence-corrected chi connectivity index (χ0v) is 16.0. The van der Waals surface area contributed by atoms with Crippen LogP contribution >= 0.6 is 15.9 Å². The highest BCUT2D eigenvalue weighted by Gasteiger charge is 2.17. The van der Waals surface area contributed by atoms with Gasteiger partial charge < -0.3 is 9.42 Å². The molecule has 0 aliphatic rings. The van der Waals surface area contributed by atoms with Crippen molar-refractivity contribution in [2.24, 2.45) is 0 Å². The zero-order chi connectivity index (χ0) is 18.7. The van der Waals surface area contributed by atoms with Gasteiger partial charge in [-0.05, 0) is 56.3 Å². The van der Waals surface area contributed by atoms with Gasteiger partial charge in [-0.3, -0.25) is 4.79 Å². The molecule has 0 aliphatic heterocycles. The van der Waals surface area contributed by atoms with Crippen LogP contribution in [0.5, 0.6) is 0 Å². The minimum atomic E-state index is -0.332. The third-order valence-corrected chi connectivity index (χ3v) is 4.44. The van der Waals surface area contributed by atoms with E-state index in [1.807, 2.05) is 6.92 Å². The average Bonchev–Trinajstić information content (AvgIpc) is 3.08. The first-order valence-electron chi connectivity index (χ1n) is 8.12. The van der Waals surface area contributed by atoms with Gasteiger partial charge in [0.1, 0.15) is 5.82 Å². The maximum atomic E-state index is 14.0. The largest absolute Gasteiger partial charge is 0.334 e. The van der Waals surface area contributed by atoms with Crippen molar-refractivity contribution < 1.29 is 13.7 Å². The van der Waals surface area contributed by atoms with E-state index in [9.17, 15) is 9.18 Å². The molecule has 1 amide bonds. The van der Waals surface area contributed by atoms with Crippen molar-refractivity contribution in [1.82, 2.24) is 15.0 Å². The summed E-state index contributed by atoms with van der Waals surface area (Å²) >= 11 is 3.33. The summed E-state index contributed by atoms with van der Waals surface area (Å²) in [7, 11) is 0. The number of amides is 1.